The monoisotopic (exact) mass is 554 g/mol. The Morgan fingerprint density at radius 3 is 2.28 bits per heavy atom. The molecule has 14 heteroatoms. The molecular formula is C25H20F6N4O4. The van der Waals surface area contributed by atoms with Crippen molar-refractivity contribution < 1.29 is 45.9 Å². The summed E-state index contributed by atoms with van der Waals surface area (Å²) in [5.74, 6) is -5.04. The average molecular weight is 554 g/mol. The highest BCUT2D eigenvalue weighted by atomic mass is 19.4. The number of nitrogens with zero attached hydrogens (tertiary/aromatic N) is 2. The molecule has 1 amide bonds. The maximum absolute atomic E-state index is 13.9. The van der Waals surface area contributed by atoms with Crippen molar-refractivity contribution in [2.24, 2.45) is 0 Å². The number of alkyl halides is 6. The fourth-order valence-corrected chi connectivity index (χ4v) is 3.91. The van der Waals surface area contributed by atoms with Crippen molar-refractivity contribution in [3.63, 3.8) is 0 Å². The van der Waals surface area contributed by atoms with E-state index in [2.05, 4.69) is 14.8 Å². The average Bonchev–Trinajstić information content (AvgIpc) is 3.71. The Labute approximate surface area is 216 Å². The lowest BCUT2D eigenvalue weighted by Gasteiger charge is -2.29. The van der Waals surface area contributed by atoms with Gasteiger partial charge in [0.05, 0.1) is 23.8 Å². The Hall–Kier alpha value is -4.20. The van der Waals surface area contributed by atoms with Gasteiger partial charge in [0.15, 0.2) is 0 Å². The number of carbonyl (C=O) groups is 2. The van der Waals surface area contributed by atoms with E-state index < -0.39 is 35.4 Å². The summed E-state index contributed by atoms with van der Waals surface area (Å²) in [6, 6.07) is 8.07. The number of aliphatic hydroxyl groups is 1. The lowest BCUT2D eigenvalue weighted by molar-refractivity contribution is -0.262. The molecule has 1 atom stereocenters. The van der Waals surface area contributed by atoms with Gasteiger partial charge in [-0.2, -0.15) is 31.8 Å². The van der Waals surface area contributed by atoms with Crippen molar-refractivity contribution in [3.8, 4) is 22.5 Å². The lowest BCUT2D eigenvalue weighted by Crippen LogP contribution is -2.55. The van der Waals surface area contributed by atoms with Crippen molar-refractivity contribution in [3.05, 3.63) is 65.5 Å². The molecule has 4 rings (SSSR count). The van der Waals surface area contributed by atoms with E-state index >= 15 is 0 Å². The van der Waals surface area contributed by atoms with Crippen LogP contribution in [0.2, 0.25) is 0 Å². The summed E-state index contributed by atoms with van der Waals surface area (Å²) in [7, 11) is 0. The molecule has 1 heterocycles. The van der Waals surface area contributed by atoms with Crippen molar-refractivity contribution in [2.45, 2.75) is 43.6 Å². The molecule has 39 heavy (non-hydrogen) atoms. The van der Waals surface area contributed by atoms with Gasteiger partial charge in [0.2, 0.25) is 0 Å². The summed E-state index contributed by atoms with van der Waals surface area (Å²) in [4.78, 5) is 35.1. The smallest absolute Gasteiger partial charge is 0.398 e. The lowest BCUT2D eigenvalue weighted by atomic mass is 9.89. The van der Waals surface area contributed by atoms with E-state index in [4.69, 9.17) is 5.73 Å². The highest BCUT2D eigenvalue weighted by molar-refractivity contribution is 5.88. The van der Waals surface area contributed by atoms with Gasteiger partial charge in [-0.05, 0) is 48.9 Å². The number of aryl methyl sites for hydroxylation is 1. The van der Waals surface area contributed by atoms with Crippen LogP contribution >= 0.6 is 0 Å². The summed E-state index contributed by atoms with van der Waals surface area (Å²) in [6.07, 6.45) is -6.59. The number of carbonyl (C=O) groups excluding carboxylic acids is 2. The zero-order chi connectivity index (χ0) is 28.8. The molecule has 1 unspecified atom stereocenters. The Kier molecular flexibility index (Phi) is 7.02. The number of aromatic nitrogens is 2. The third-order valence-electron chi connectivity index (χ3n) is 6.17. The van der Waals surface area contributed by atoms with Crippen molar-refractivity contribution in [2.75, 3.05) is 5.73 Å². The van der Waals surface area contributed by atoms with Crippen LogP contribution in [0.4, 0.5) is 32.0 Å². The number of hydrogen-bond acceptors (Lipinski definition) is 7. The van der Waals surface area contributed by atoms with E-state index in [1.54, 1.807) is 12.1 Å². The molecule has 1 aromatic heterocycles. The maximum Gasteiger partial charge on any atom is 0.493 e. The number of hydroxylamine groups is 1. The molecule has 206 valence electrons. The number of hydrogen-bond donors (Lipinski definition) is 3. The van der Waals surface area contributed by atoms with E-state index in [9.17, 15) is 41.0 Å². The first-order valence-corrected chi connectivity index (χ1v) is 11.3. The molecule has 0 radical (unpaired) electrons. The summed E-state index contributed by atoms with van der Waals surface area (Å²) >= 11 is 0. The minimum absolute atomic E-state index is 0.0344. The Morgan fingerprint density at radius 1 is 1.03 bits per heavy atom. The number of nitrogens with one attached hydrogen (secondary N) is 1. The fraction of sp³-hybridized carbons (Fsp3) is 0.280. The Balaban J connectivity index is 1.70. The molecule has 1 aliphatic rings. The van der Waals surface area contributed by atoms with Crippen LogP contribution in [0.15, 0.2) is 48.8 Å². The zero-order valence-corrected chi connectivity index (χ0v) is 20.0. The summed E-state index contributed by atoms with van der Waals surface area (Å²) < 4.78 is 78.8. The van der Waals surface area contributed by atoms with Crippen molar-refractivity contribution in [1.82, 2.24) is 15.4 Å². The summed E-state index contributed by atoms with van der Waals surface area (Å²) in [5.41, 5.74) is 4.44. The topological polar surface area (TPSA) is 127 Å². The maximum atomic E-state index is 13.9. The molecule has 1 aliphatic carbocycles. The van der Waals surface area contributed by atoms with Crippen LogP contribution in [0.3, 0.4) is 0 Å². The third kappa shape index (κ3) is 5.50. The van der Waals surface area contributed by atoms with Crippen molar-refractivity contribution >= 4 is 17.6 Å². The van der Waals surface area contributed by atoms with Crippen LogP contribution in [0.5, 0.6) is 0 Å². The minimum atomic E-state index is -5.73. The van der Waals surface area contributed by atoms with E-state index in [0.717, 1.165) is 42.1 Å². The normalized spacial score (nSPS) is 15.4. The fourth-order valence-electron chi connectivity index (χ4n) is 3.91. The van der Waals surface area contributed by atoms with Gasteiger partial charge in [0.25, 0.3) is 11.5 Å². The number of halogens is 6. The van der Waals surface area contributed by atoms with E-state index in [1.165, 1.54) is 19.3 Å². The largest absolute Gasteiger partial charge is 0.493 e. The second kappa shape index (κ2) is 9.84. The quantitative estimate of drug-likeness (QED) is 0.241. The Bertz CT molecular complexity index is 1440. The van der Waals surface area contributed by atoms with Gasteiger partial charge in [-0.25, -0.2) is 9.78 Å². The number of benzene rings is 2. The molecule has 0 aliphatic heterocycles. The highest BCUT2D eigenvalue weighted by Crippen LogP contribution is 2.44. The molecule has 0 bridgehead atoms. The number of nitrogens with two attached hydrogens (primary N) is 1. The zero-order valence-electron chi connectivity index (χ0n) is 20.0. The second-order valence-corrected chi connectivity index (χ2v) is 8.96. The molecule has 1 fully saturated rings. The molecule has 3 aromatic rings. The molecule has 4 N–H and O–H groups in total. The van der Waals surface area contributed by atoms with Crippen molar-refractivity contribution in [1.29, 1.82) is 0 Å². The third-order valence-corrected chi connectivity index (χ3v) is 6.17. The first-order chi connectivity index (χ1) is 18.1. The number of anilines is 1. The minimum Gasteiger partial charge on any atom is -0.398 e. The van der Waals surface area contributed by atoms with Gasteiger partial charge in [-0.15, -0.1) is 0 Å². The van der Waals surface area contributed by atoms with E-state index in [1.807, 2.05) is 6.07 Å². The van der Waals surface area contributed by atoms with Gasteiger partial charge >= 0.3 is 18.3 Å². The van der Waals surface area contributed by atoms with Gasteiger partial charge in [-0.1, -0.05) is 24.3 Å². The Morgan fingerprint density at radius 2 is 1.69 bits per heavy atom. The standard InChI is InChI=1S/C25H20F6N4O4/c1-12-2-6-15(23(38,25(29,30)31)21(36)35-39-22(37)24(26,27)28)9-17(12)20-11-33-10-19(34-20)14-5-7-16(13-3-4-13)18(32)8-14/h2,5-11,13,38H,3-4,32H2,1H3,(H,35,36). The van der Waals surface area contributed by atoms with Crippen LogP contribution in [0, 0.1) is 6.92 Å². The summed E-state index contributed by atoms with van der Waals surface area (Å²) in [5, 5.41) is 10.4. The number of rotatable bonds is 5. The first kappa shape index (κ1) is 27.8. The van der Waals surface area contributed by atoms with Crippen LogP contribution in [-0.2, 0) is 20.0 Å². The molecular weight excluding hydrogens is 534 g/mol. The molecule has 0 saturated heterocycles. The molecule has 1 saturated carbocycles. The molecule has 0 spiro atoms. The van der Waals surface area contributed by atoms with Gasteiger partial charge in [0, 0.05) is 22.4 Å². The molecule has 8 nitrogen and oxygen atoms in total. The number of amides is 1. The SMILES string of the molecule is Cc1ccc(C(O)(C(=O)NOC(=O)C(F)(F)F)C(F)(F)F)cc1-c1cncc(-c2ccc(C3CC3)c(N)c2)n1. The second-order valence-electron chi connectivity index (χ2n) is 8.96. The van der Waals surface area contributed by atoms with Crippen LogP contribution in [-0.4, -0.2) is 39.3 Å². The van der Waals surface area contributed by atoms with Crippen LogP contribution < -0.4 is 11.2 Å². The summed E-state index contributed by atoms with van der Waals surface area (Å²) in [6.45, 7) is 1.52. The van der Waals surface area contributed by atoms with Gasteiger partial charge in [-0.3, -0.25) is 9.78 Å². The van der Waals surface area contributed by atoms with Gasteiger partial charge in [0.1, 0.15) is 0 Å². The number of nitrogen functional groups attached to an aromatic ring is 1. The van der Waals surface area contributed by atoms with Crippen LogP contribution in [0.1, 0.15) is 35.4 Å². The van der Waals surface area contributed by atoms with E-state index in [0.29, 0.717) is 28.4 Å². The predicted octanol–water partition coefficient (Wildman–Crippen LogP) is 4.47. The van der Waals surface area contributed by atoms with Gasteiger partial charge < -0.3 is 15.7 Å². The predicted molar refractivity (Wildman–Crippen MR) is 124 cm³/mol. The molecule has 2 aromatic carbocycles. The highest BCUT2D eigenvalue weighted by Gasteiger charge is 2.61. The van der Waals surface area contributed by atoms with Crippen LogP contribution in [0.25, 0.3) is 22.5 Å². The first-order valence-electron chi connectivity index (χ1n) is 11.3. The van der Waals surface area contributed by atoms with E-state index in [-0.39, 0.29) is 11.3 Å².